The van der Waals surface area contributed by atoms with Crippen molar-refractivity contribution in [1.82, 2.24) is 0 Å². The van der Waals surface area contributed by atoms with Gasteiger partial charge in [-0.25, -0.2) is 0 Å². The maximum Gasteiger partial charge on any atom is -0.0229 e. The van der Waals surface area contributed by atoms with Crippen LogP contribution < -0.4 is 0 Å². The molecule has 0 aromatic carbocycles. The van der Waals surface area contributed by atoms with E-state index in [-0.39, 0.29) is 0 Å². The molecule has 66 valence electrons. The Morgan fingerprint density at radius 1 is 1.00 bits per heavy atom. The molecule has 0 atom stereocenters. The van der Waals surface area contributed by atoms with Gasteiger partial charge in [0.1, 0.15) is 0 Å². The van der Waals surface area contributed by atoms with Gasteiger partial charge >= 0.3 is 0 Å². The average Bonchev–Trinajstić information content (AvgIpc) is 2.03. The minimum atomic E-state index is 1.23. The van der Waals surface area contributed by atoms with Crippen molar-refractivity contribution in [3.8, 4) is 0 Å². The summed E-state index contributed by atoms with van der Waals surface area (Å²) in [5.74, 6) is 0. The van der Waals surface area contributed by atoms with E-state index in [1.165, 1.54) is 44.9 Å². The van der Waals surface area contributed by atoms with Crippen LogP contribution in [0.15, 0.2) is 11.1 Å². The van der Waals surface area contributed by atoms with E-state index >= 15 is 0 Å². The van der Waals surface area contributed by atoms with E-state index < -0.39 is 0 Å². The summed E-state index contributed by atoms with van der Waals surface area (Å²) in [5, 5.41) is 0. The molecule has 0 saturated heterocycles. The van der Waals surface area contributed by atoms with E-state index in [9.17, 15) is 0 Å². The predicted octanol–water partition coefficient (Wildman–Crippen LogP) is 4.65. The Balaban J connectivity index is 2.79. The summed E-state index contributed by atoms with van der Waals surface area (Å²) in [4.78, 5) is 1.96. The molecule has 0 aliphatic rings. The fourth-order valence-corrected chi connectivity index (χ4v) is 1.37. The monoisotopic (exact) mass is 218 g/mol. The normalized spacial score (nSPS) is 11.1. The van der Waals surface area contributed by atoms with Gasteiger partial charge in [-0.05, 0) is 17.8 Å². The third-order valence-electron chi connectivity index (χ3n) is 1.81. The van der Waals surface area contributed by atoms with Crippen molar-refractivity contribution in [2.45, 2.75) is 51.9 Å². The summed E-state index contributed by atoms with van der Waals surface area (Å²) >= 11 is 3.26. The van der Waals surface area contributed by atoms with Gasteiger partial charge in [0.15, 0.2) is 0 Å². The Bertz CT molecular complexity index is 86.9. The molecule has 0 spiro atoms. The first-order valence-electron chi connectivity index (χ1n) is 4.67. The first-order valence-corrected chi connectivity index (χ1v) is 5.58. The van der Waals surface area contributed by atoms with Gasteiger partial charge in [0.2, 0.25) is 0 Å². The smallest absolute Gasteiger partial charge is 0.0229 e. The molecule has 0 radical (unpaired) electrons. The van der Waals surface area contributed by atoms with Crippen molar-refractivity contribution in [2.24, 2.45) is 0 Å². The van der Waals surface area contributed by atoms with Crippen LogP contribution in [0.4, 0.5) is 0 Å². The third-order valence-corrected chi connectivity index (χ3v) is 2.19. The molecule has 0 N–H and O–H groups in total. The minimum absolute atomic E-state index is 1.23. The summed E-state index contributed by atoms with van der Waals surface area (Å²) < 4.78 is 0. The molecule has 0 aliphatic carbocycles. The van der Waals surface area contributed by atoms with Crippen molar-refractivity contribution in [3.63, 3.8) is 0 Å². The topological polar surface area (TPSA) is 0 Å². The van der Waals surface area contributed by atoms with Gasteiger partial charge in [-0.1, -0.05) is 61.0 Å². The van der Waals surface area contributed by atoms with Crippen LogP contribution in [0.25, 0.3) is 0 Å². The quantitative estimate of drug-likeness (QED) is 0.547. The summed E-state index contributed by atoms with van der Waals surface area (Å²) in [7, 11) is 0. The number of rotatable bonds is 7. The molecule has 0 amide bonds. The fraction of sp³-hybridized carbons (Fsp3) is 0.800. The highest BCUT2D eigenvalue weighted by Crippen LogP contribution is 2.07. The van der Waals surface area contributed by atoms with Crippen LogP contribution in [-0.4, -0.2) is 0 Å². The molecule has 0 nitrogen and oxygen atoms in total. The molecule has 11 heavy (non-hydrogen) atoms. The average molecular weight is 219 g/mol. The maximum absolute atomic E-state index is 3.26. The van der Waals surface area contributed by atoms with Gasteiger partial charge in [0.25, 0.3) is 0 Å². The van der Waals surface area contributed by atoms with E-state index in [4.69, 9.17) is 0 Å². The fourth-order valence-electron chi connectivity index (χ4n) is 1.11. The molecule has 0 heterocycles. The van der Waals surface area contributed by atoms with E-state index in [1.807, 2.05) is 4.99 Å². The lowest BCUT2D eigenvalue weighted by Crippen LogP contribution is -1.77. The van der Waals surface area contributed by atoms with Gasteiger partial charge in [0, 0.05) is 0 Å². The van der Waals surface area contributed by atoms with Gasteiger partial charge in [-0.3, -0.25) is 0 Å². The zero-order valence-corrected chi connectivity index (χ0v) is 9.07. The second-order valence-electron chi connectivity index (χ2n) is 2.92. The molecule has 0 aliphatic heterocycles. The number of hydrogen-bond donors (Lipinski definition) is 0. The van der Waals surface area contributed by atoms with Crippen molar-refractivity contribution < 1.29 is 0 Å². The first-order chi connectivity index (χ1) is 5.41. The Labute approximate surface area is 79.2 Å². The molecule has 0 saturated carbocycles. The summed E-state index contributed by atoms with van der Waals surface area (Å²) in [6, 6.07) is 0. The number of halogens is 1. The zero-order valence-electron chi connectivity index (χ0n) is 7.48. The molecular formula is C10H19Br. The second-order valence-corrected chi connectivity index (χ2v) is 3.45. The van der Waals surface area contributed by atoms with Crippen LogP contribution in [-0.2, 0) is 0 Å². The Morgan fingerprint density at radius 3 is 2.27 bits per heavy atom. The van der Waals surface area contributed by atoms with Crippen LogP contribution in [0.1, 0.15) is 51.9 Å². The van der Waals surface area contributed by atoms with Crippen LogP contribution >= 0.6 is 15.9 Å². The molecular weight excluding hydrogens is 200 g/mol. The molecule has 0 fully saturated rings. The highest BCUT2D eigenvalue weighted by molar-refractivity contribution is 9.11. The van der Waals surface area contributed by atoms with Gasteiger partial charge in [-0.15, -0.1) is 0 Å². The summed E-state index contributed by atoms with van der Waals surface area (Å²) in [6.45, 7) is 2.26. The SMILES string of the molecule is CCCCCCCC/C=C\Br. The lowest BCUT2D eigenvalue weighted by molar-refractivity contribution is 0.611. The third kappa shape index (κ3) is 10.2. The van der Waals surface area contributed by atoms with Gasteiger partial charge in [-0.2, -0.15) is 0 Å². The van der Waals surface area contributed by atoms with Crippen molar-refractivity contribution in [2.75, 3.05) is 0 Å². The van der Waals surface area contributed by atoms with Crippen LogP contribution in [0, 0.1) is 0 Å². The molecule has 0 aromatic heterocycles. The standard InChI is InChI=1S/C10H19Br/c1-2-3-4-5-6-7-8-9-10-11/h9-10H,2-8H2,1H3/b10-9-. The number of hydrogen-bond acceptors (Lipinski definition) is 0. The molecule has 0 rings (SSSR count). The molecule has 0 aromatic rings. The van der Waals surface area contributed by atoms with Crippen LogP contribution in [0.3, 0.4) is 0 Å². The van der Waals surface area contributed by atoms with Crippen LogP contribution in [0.5, 0.6) is 0 Å². The molecule has 1 heteroatoms. The van der Waals surface area contributed by atoms with E-state index in [0.717, 1.165) is 0 Å². The lowest BCUT2D eigenvalue weighted by Gasteiger charge is -1.96. The Kier molecular flexibility index (Phi) is 10.4. The van der Waals surface area contributed by atoms with E-state index in [0.29, 0.717) is 0 Å². The van der Waals surface area contributed by atoms with Crippen molar-refractivity contribution >= 4 is 15.9 Å². The summed E-state index contributed by atoms with van der Waals surface area (Å²) in [6.07, 6.45) is 11.8. The highest BCUT2D eigenvalue weighted by Gasteiger charge is 1.87. The Morgan fingerprint density at radius 2 is 1.64 bits per heavy atom. The molecule has 0 unspecified atom stereocenters. The lowest BCUT2D eigenvalue weighted by atomic mass is 10.1. The molecule has 0 bridgehead atoms. The predicted molar refractivity (Wildman–Crippen MR) is 56.1 cm³/mol. The minimum Gasteiger partial charge on any atom is -0.0776 e. The second kappa shape index (κ2) is 10.2. The number of allylic oxidation sites excluding steroid dienone is 1. The van der Waals surface area contributed by atoms with Gasteiger partial charge in [0.05, 0.1) is 0 Å². The van der Waals surface area contributed by atoms with Gasteiger partial charge < -0.3 is 0 Å². The van der Waals surface area contributed by atoms with Crippen molar-refractivity contribution in [3.05, 3.63) is 11.1 Å². The van der Waals surface area contributed by atoms with E-state index in [1.54, 1.807) is 0 Å². The zero-order chi connectivity index (χ0) is 8.36. The highest BCUT2D eigenvalue weighted by atomic mass is 79.9. The van der Waals surface area contributed by atoms with Crippen LogP contribution in [0.2, 0.25) is 0 Å². The maximum atomic E-state index is 3.26. The largest absolute Gasteiger partial charge is 0.0776 e. The Hall–Kier alpha value is 0.220. The van der Waals surface area contributed by atoms with E-state index in [2.05, 4.69) is 28.9 Å². The summed E-state index contributed by atoms with van der Waals surface area (Å²) in [5.41, 5.74) is 0. The number of unbranched alkanes of at least 4 members (excludes halogenated alkanes) is 6. The first kappa shape index (κ1) is 11.2. The van der Waals surface area contributed by atoms with Crippen molar-refractivity contribution in [1.29, 1.82) is 0 Å².